The summed E-state index contributed by atoms with van der Waals surface area (Å²) in [7, 11) is 0. The van der Waals surface area contributed by atoms with Crippen LogP contribution in [0.5, 0.6) is 0 Å². The first-order valence-electron chi connectivity index (χ1n) is 3.13. The van der Waals surface area contributed by atoms with Crippen molar-refractivity contribution in [1.29, 1.82) is 0 Å². The molecule has 0 aliphatic rings. The molecule has 0 atom stereocenters. The van der Waals surface area contributed by atoms with Gasteiger partial charge in [0.1, 0.15) is 6.29 Å². The van der Waals surface area contributed by atoms with E-state index in [1.54, 1.807) is 6.08 Å². The number of hydrogen-bond donors (Lipinski definition) is 0. The molecule has 0 aliphatic heterocycles. The summed E-state index contributed by atoms with van der Waals surface area (Å²) < 4.78 is 0. The second-order valence-electron chi connectivity index (χ2n) is 1.72. The minimum absolute atomic E-state index is 0.747. The third-order valence-corrected chi connectivity index (χ3v) is 1.02. The summed E-state index contributed by atoms with van der Waals surface area (Å²) in [5.41, 5.74) is 0.747. The fraction of sp³-hybridized carbons (Fsp3) is 0.375. The molecule has 0 aromatic rings. The largest absolute Gasteiger partial charge is 0.298 e. The van der Waals surface area contributed by atoms with Crippen molar-refractivity contribution in [2.45, 2.75) is 20.3 Å². The maximum Gasteiger partial charge on any atom is 0.149 e. The van der Waals surface area contributed by atoms with Gasteiger partial charge < -0.3 is 0 Å². The Hall–Kier alpha value is -0.850. The topological polar surface area (TPSA) is 17.1 Å². The Morgan fingerprint density at radius 1 is 1.56 bits per heavy atom. The third-order valence-electron chi connectivity index (χ3n) is 1.02. The molecule has 0 aliphatic carbocycles. The van der Waals surface area contributed by atoms with Gasteiger partial charge in [0.2, 0.25) is 0 Å². The molecule has 0 N–H and O–H groups in total. The van der Waals surface area contributed by atoms with Crippen LogP contribution in [0.2, 0.25) is 0 Å². The zero-order chi connectivity index (χ0) is 7.11. The summed E-state index contributed by atoms with van der Waals surface area (Å²) >= 11 is 0. The molecular formula is C8H12O. The third kappa shape index (κ3) is 3.71. The molecule has 1 nitrogen and oxygen atoms in total. The Bertz CT molecular complexity index is 132. The van der Waals surface area contributed by atoms with Crippen molar-refractivity contribution in [1.82, 2.24) is 0 Å². The maximum atomic E-state index is 10.1. The number of hydrogen-bond acceptors (Lipinski definition) is 1. The van der Waals surface area contributed by atoms with Gasteiger partial charge in [-0.1, -0.05) is 25.2 Å². The highest BCUT2D eigenvalue weighted by Gasteiger charge is 1.81. The lowest BCUT2D eigenvalue weighted by Crippen LogP contribution is -1.75. The van der Waals surface area contributed by atoms with Gasteiger partial charge in [0, 0.05) is 5.57 Å². The quantitative estimate of drug-likeness (QED) is 0.320. The van der Waals surface area contributed by atoms with Crippen LogP contribution < -0.4 is 0 Å². The van der Waals surface area contributed by atoms with E-state index < -0.39 is 0 Å². The summed E-state index contributed by atoms with van der Waals surface area (Å²) in [6.45, 7) is 3.89. The summed E-state index contributed by atoms with van der Waals surface area (Å²) in [4.78, 5) is 10.1. The Kier molecular flexibility index (Phi) is 4.79. The molecule has 0 aromatic heterocycles. The van der Waals surface area contributed by atoms with Gasteiger partial charge in [-0.3, -0.25) is 4.79 Å². The van der Waals surface area contributed by atoms with E-state index in [0.29, 0.717) is 0 Å². The molecule has 0 rings (SSSR count). The van der Waals surface area contributed by atoms with E-state index in [2.05, 4.69) is 0 Å². The van der Waals surface area contributed by atoms with Crippen LogP contribution in [0, 0.1) is 0 Å². The standard InChI is InChI=1S/C8H12O/c1-3-5-6-8(4-2)7-9/h4-7H,3H2,1-2H3/b6-5-,8-4+. The van der Waals surface area contributed by atoms with Gasteiger partial charge in [-0.05, 0) is 13.3 Å². The summed E-state index contributed by atoms with van der Waals surface area (Å²) in [5, 5.41) is 0. The normalized spacial score (nSPS) is 12.4. The molecule has 0 saturated carbocycles. The second kappa shape index (κ2) is 5.29. The van der Waals surface area contributed by atoms with E-state index in [-0.39, 0.29) is 0 Å². The van der Waals surface area contributed by atoms with E-state index in [1.807, 2.05) is 26.0 Å². The minimum atomic E-state index is 0.747. The molecule has 0 fully saturated rings. The Morgan fingerprint density at radius 2 is 2.22 bits per heavy atom. The fourth-order valence-corrected chi connectivity index (χ4v) is 0.457. The van der Waals surface area contributed by atoms with Crippen LogP contribution in [0.1, 0.15) is 20.3 Å². The summed E-state index contributed by atoms with van der Waals surface area (Å²) in [5.74, 6) is 0. The Balaban J connectivity index is 3.84. The van der Waals surface area contributed by atoms with Crippen LogP contribution in [0.3, 0.4) is 0 Å². The van der Waals surface area contributed by atoms with Crippen molar-refractivity contribution in [3.63, 3.8) is 0 Å². The van der Waals surface area contributed by atoms with Crippen LogP contribution in [0.25, 0.3) is 0 Å². The maximum absolute atomic E-state index is 10.1. The van der Waals surface area contributed by atoms with Crippen LogP contribution >= 0.6 is 0 Å². The zero-order valence-corrected chi connectivity index (χ0v) is 5.92. The molecule has 0 spiro atoms. The average molecular weight is 124 g/mol. The van der Waals surface area contributed by atoms with Crippen LogP contribution in [-0.4, -0.2) is 6.29 Å². The Morgan fingerprint density at radius 3 is 2.56 bits per heavy atom. The predicted molar refractivity (Wildman–Crippen MR) is 39.3 cm³/mol. The molecule has 0 radical (unpaired) electrons. The molecule has 0 amide bonds. The van der Waals surface area contributed by atoms with Crippen molar-refractivity contribution in [2.75, 3.05) is 0 Å². The van der Waals surface area contributed by atoms with E-state index in [1.165, 1.54) is 0 Å². The van der Waals surface area contributed by atoms with Gasteiger partial charge >= 0.3 is 0 Å². The second-order valence-corrected chi connectivity index (χ2v) is 1.72. The first kappa shape index (κ1) is 8.15. The van der Waals surface area contributed by atoms with Crippen LogP contribution in [0.15, 0.2) is 23.8 Å². The number of allylic oxidation sites excluding steroid dienone is 4. The SMILES string of the molecule is C/C=C(C=O)\C=C/CC. The van der Waals surface area contributed by atoms with E-state index >= 15 is 0 Å². The van der Waals surface area contributed by atoms with Crippen molar-refractivity contribution in [2.24, 2.45) is 0 Å². The van der Waals surface area contributed by atoms with Gasteiger partial charge in [0.25, 0.3) is 0 Å². The van der Waals surface area contributed by atoms with Gasteiger partial charge in [-0.2, -0.15) is 0 Å². The van der Waals surface area contributed by atoms with Gasteiger partial charge in [0.15, 0.2) is 0 Å². The van der Waals surface area contributed by atoms with Crippen LogP contribution in [0.4, 0.5) is 0 Å². The zero-order valence-electron chi connectivity index (χ0n) is 5.92. The lowest BCUT2D eigenvalue weighted by atomic mass is 10.2. The number of rotatable bonds is 3. The predicted octanol–water partition coefficient (Wildman–Crippen LogP) is 2.10. The van der Waals surface area contributed by atoms with Crippen molar-refractivity contribution >= 4 is 6.29 Å². The average Bonchev–Trinajstić information content (AvgIpc) is 1.91. The van der Waals surface area contributed by atoms with Gasteiger partial charge in [0.05, 0.1) is 0 Å². The lowest BCUT2D eigenvalue weighted by molar-refractivity contribution is -0.104. The van der Waals surface area contributed by atoms with Crippen LogP contribution in [-0.2, 0) is 4.79 Å². The smallest absolute Gasteiger partial charge is 0.149 e. The number of aldehydes is 1. The number of carbonyl (C=O) groups excluding carboxylic acids is 1. The van der Waals surface area contributed by atoms with E-state index in [4.69, 9.17) is 0 Å². The molecule has 0 heterocycles. The van der Waals surface area contributed by atoms with Crippen molar-refractivity contribution in [3.05, 3.63) is 23.8 Å². The molecule has 0 bridgehead atoms. The monoisotopic (exact) mass is 124 g/mol. The highest BCUT2D eigenvalue weighted by atomic mass is 16.1. The first-order chi connectivity index (χ1) is 4.35. The first-order valence-corrected chi connectivity index (χ1v) is 3.13. The summed E-state index contributed by atoms with van der Waals surface area (Å²) in [6.07, 6.45) is 7.41. The Labute approximate surface area is 56.1 Å². The molecule has 0 saturated heterocycles. The fourth-order valence-electron chi connectivity index (χ4n) is 0.457. The molecule has 0 aromatic carbocycles. The molecule has 1 heteroatoms. The lowest BCUT2D eigenvalue weighted by Gasteiger charge is -1.83. The van der Waals surface area contributed by atoms with Gasteiger partial charge in [-0.25, -0.2) is 0 Å². The minimum Gasteiger partial charge on any atom is -0.298 e. The summed E-state index contributed by atoms with van der Waals surface area (Å²) in [6, 6.07) is 0. The highest BCUT2D eigenvalue weighted by Crippen LogP contribution is 1.92. The van der Waals surface area contributed by atoms with Gasteiger partial charge in [-0.15, -0.1) is 0 Å². The molecule has 9 heavy (non-hydrogen) atoms. The molecule has 50 valence electrons. The van der Waals surface area contributed by atoms with Crippen molar-refractivity contribution in [3.8, 4) is 0 Å². The van der Waals surface area contributed by atoms with E-state index in [9.17, 15) is 4.79 Å². The highest BCUT2D eigenvalue weighted by molar-refractivity contribution is 5.77. The van der Waals surface area contributed by atoms with E-state index in [0.717, 1.165) is 18.3 Å². The number of carbonyl (C=O) groups is 1. The molecule has 0 unspecified atom stereocenters. The van der Waals surface area contributed by atoms with Crippen molar-refractivity contribution < 1.29 is 4.79 Å². The molecular weight excluding hydrogens is 112 g/mol.